The summed E-state index contributed by atoms with van der Waals surface area (Å²) in [7, 11) is 0. The van der Waals surface area contributed by atoms with Crippen molar-refractivity contribution in [3.63, 3.8) is 0 Å². The summed E-state index contributed by atoms with van der Waals surface area (Å²) in [6.45, 7) is 11.0. The maximum Gasteiger partial charge on any atom is 0.230 e. The van der Waals surface area contributed by atoms with Crippen LogP contribution in [0.1, 0.15) is 56.7 Å². The van der Waals surface area contributed by atoms with Gasteiger partial charge in [0.15, 0.2) is 0 Å². The lowest BCUT2D eigenvalue weighted by Crippen LogP contribution is -2.32. The SMILES string of the molecule is C[C@H]1CN(Cc2nnc(C(C)(C)C)o2)Cc2cn[nH]c21. The number of hydrogen-bond donors (Lipinski definition) is 1. The van der Waals surface area contributed by atoms with Gasteiger partial charge in [-0.3, -0.25) is 10.00 Å². The van der Waals surface area contributed by atoms with Crippen LogP contribution in [0.25, 0.3) is 0 Å². The molecule has 6 heteroatoms. The van der Waals surface area contributed by atoms with E-state index in [1.165, 1.54) is 11.3 Å². The fourth-order valence-corrected chi connectivity index (χ4v) is 2.59. The van der Waals surface area contributed by atoms with Crippen LogP contribution in [-0.2, 0) is 18.5 Å². The van der Waals surface area contributed by atoms with Crippen molar-refractivity contribution in [1.82, 2.24) is 25.3 Å². The monoisotopic (exact) mass is 275 g/mol. The molecule has 0 aromatic carbocycles. The summed E-state index contributed by atoms with van der Waals surface area (Å²) in [5, 5.41) is 15.5. The zero-order valence-corrected chi connectivity index (χ0v) is 12.5. The van der Waals surface area contributed by atoms with Crippen LogP contribution in [0, 0.1) is 0 Å². The molecule has 2 aromatic heterocycles. The smallest absolute Gasteiger partial charge is 0.230 e. The number of nitrogens with one attached hydrogen (secondary N) is 1. The Morgan fingerprint density at radius 1 is 1.40 bits per heavy atom. The highest BCUT2D eigenvalue weighted by molar-refractivity contribution is 5.23. The Balaban J connectivity index is 1.72. The molecule has 1 aliphatic heterocycles. The molecule has 3 heterocycles. The van der Waals surface area contributed by atoms with Crippen LogP contribution in [0.4, 0.5) is 0 Å². The third kappa shape index (κ3) is 2.47. The predicted octanol–water partition coefficient (Wildman–Crippen LogP) is 2.21. The van der Waals surface area contributed by atoms with Gasteiger partial charge in [-0.1, -0.05) is 27.7 Å². The summed E-state index contributed by atoms with van der Waals surface area (Å²) >= 11 is 0. The van der Waals surface area contributed by atoms with Crippen LogP contribution < -0.4 is 0 Å². The third-order valence-electron chi connectivity index (χ3n) is 3.64. The Morgan fingerprint density at radius 3 is 2.90 bits per heavy atom. The van der Waals surface area contributed by atoms with Gasteiger partial charge >= 0.3 is 0 Å². The van der Waals surface area contributed by atoms with Crippen molar-refractivity contribution in [2.45, 2.75) is 52.1 Å². The average Bonchev–Trinajstić information content (AvgIpc) is 2.96. The Morgan fingerprint density at radius 2 is 2.20 bits per heavy atom. The lowest BCUT2D eigenvalue weighted by Gasteiger charge is -2.29. The summed E-state index contributed by atoms with van der Waals surface area (Å²) in [6.07, 6.45) is 1.91. The van der Waals surface area contributed by atoms with Crippen molar-refractivity contribution in [2.75, 3.05) is 6.54 Å². The number of aromatic nitrogens is 4. The number of aromatic amines is 1. The molecule has 0 bridgehead atoms. The van der Waals surface area contributed by atoms with E-state index in [1.54, 1.807) is 0 Å². The van der Waals surface area contributed by atoms with Crippen LogP contribution in [0.5, 0.6) is 0 Å². The van der Waals surface area contributed by atoms with Gasteiger partial charge in [0.2, 0.25) is 11.8 Å². The van der Waals surface area contributed by atoms with Gasteiger partial charge in [0, 0.05) is 35.7 Å². The second-order valence-corrected chi connectivity index (χ2v) is 6.63. The quantitative estimate of drug-likeness (QED) is 0.910. The Labute approximate surface area is 118 Å². The van der Waals surface area contributed by atoms with Gasteiger partial charge in [-0.15, -0.1) is 10.2 Å². The molecule has 0 radical (unpaired) electrons. The van der Waals surface area contributed by atoms with E-state index in [2.05, 4.69) is 53.0 Å². The van der Waals surface area contributed by atoms with Gasteiger partial charge in [0.05, 0.1) is 12.7 Å². The van der Waals surface area contributed by atoms with Crippen LogP contribution in [-0.4, -0.2) is 31.8 Å². The maximum atomic E-state index is 5.77. The molecule has 3 rings (SSSR count). The first kappa shape index (κ1) is 13.3. The summed E-state index contributed by atoms with van der Waals surface area (Å²) < 4.78 is 5.77. The summed E-state index contributed by atoms with van der Waals surface area (Å²) in [5.41, 5.74) is 2.42. The molecule has 0 saturated heterocycles. The Bertz CT molecular complexity index is 595. The van der Waals surface area contributed by atoms with E-state index in [-0.39, 0.29) is 5.41 Å². The van der Waals surface area contributed by atoms with E-state index in [4.69, 9.17) is 4.42 Å². The molecule has 108 valence electrons. The maximum absolute atomic E-state index is 5.77. The van der Waals surface area contributed by atoms with E-state index in [1.807, 2.05) is 6.20 Å². The first-order chi connectivity index (χ1) is 9.43. The highest BCUT2D eigenvalue weighted by Gasteiger charge is 2.26. The highest BCUT2D eigenvalue weighted by Crippen LogP contribution is 2.27. The third-order valence-corrected chi connectivity index (χ3v) is 3.64. The minimum Gasteiger partial charge on any atom is -0.423 e. The molecule has 0 unspecified atom stereocenters. The van der Waals surface area contributed by atoms with Crippen molar-refractivity contribution in [1.29, 1.82) is 0 Å². The fourth-order valence-electron chi connectivity index (χ4n) is 2.59. The van der Waals surface area contributed by atoms with Gasteiger partial charge in [-0.2, -0.15) is 5.10 Å². The molecule has 0 spiro atoms. The first-order valence-electron chi connectivity index (χ1n) is 7.01. The van der Waals surface area contributed by atoms with E-state index in [9.17, 15) is 0 Å². The molecule has 1 N–H and O–H groups in total. The summed E-state index contributed by atoms with van der Waals surface area (Å²) in [6, 6.07) is 0. The fraction of sp³-hybridized carbons (Fsp3) is 0.643. The number of H-pyrrole nitrogens is 1. The van der Waals surface area contributed by atoms with Crippen molar-refractivity contribution in [3.8, 4) is 0 Å². The van der Waals surface area contributed by atoms with Crippen molar-refractivity contribution >= 4 is 0 Å². The zero-order chi connectivity index (χ0) is 14.3. The number of hydrogen-bond acceptors (Lipinski definition) is 5. The van der Waals surface area contributed by atoms with Crippen LogP contribution >= 0.6 is 0 Å². The zero-order valence-electron chi connectivity index (χ0n) is 12.5. The van der Waals surface area contributed by atoms with E-state index in [0.717, 1.165) is 13.1 Å². The van der Waals surface area contributed by atoms with Gasteiger partial charge in [0.25, 0.3) is 0 Å². The number of rotatable bonds is 2. The molecule has 0 saturated carbocycles. The number of nitrogens with zero attached hydrogens (tertiary/aromatic N) is 4. The topological polar surface area (TPSA) is 70.8 Å². The van der Waals surface area contributed by atoms with Crippen LogP contribution in [0.15, 0.2) is 10.6 Å². The Hall–Kier alpha value is -1.69. The molecule has 20 heavy (non-hydrogen) atoms. The van der Waals surface area contributed by atoms with Gasteiger partial charge < -0.3 is 4.42 Å². The van der Waals surface area contributed by atoms with Gasteiger partial charge in [0.1, 0.15) is 0 Å². The molecule has 1 aliphatic rings. The first-order valence-corrected chi connectivity index (χ1v) is 7.01. The summed E-state index contributed by atoms with van der Waals surface area (Å²) in [5.74, 6) is 1.84. The van der Waals surface area contributed by atoms with Crippen molar-refractivity contribution in [2.24, 2.45) is 0 Å². The standard InChI is InChI=1S/C14H21N5O/c1-9-6-19(7-10-5-15-17-12(9)10)8-11-16-18-13(20-11)14(2,3)4/h5,9H,6-8H2,1-4H3,(H,15,17)/t9-/m0/s1. The predicted molar refractivity (Wildman–Crippen MR) is 74.1 cm³/mol. The van der Waals surface area contributed by atoms with Crippen LogP contribution in [0.3, 0.4) is 0 Å². The number of fused-ring (bicyclic) bond motifs is 1. The van der Waals surface area contributed by atoms with E-state index in [0.29, 0.717) is 24.2 Å². The van der Waals surface area contributed by atoms with E-state index < -0.39 is 0 Å². The molecule has 0 fully saturated rings. The second kappa shape index (κ2) is 4.70. The average molecular weight is 275 g/mol. The molecular formula is C14H21N5O. The van der Waals surface area contributed by atoms with Crippen molar-refractivity contribution < 1.29 is 4.42 Å². The molecule has 0 aliphatic carbocycles. The summed E-state index contributed by atoms with van der Waals surface area (Å²) in [4.78, 5) is 2.32. The molecule has 0 amide bonds. The lowest BCUT2D eigenvalue weighted by molar-refractivity contribution is 0.200. The minimum atomic E-state index is -0.0990. The molecular weight excluding hydrogens is 254 g/mol. The van der Waals surface area contributed by atoms with Gasteiger partial charge in [-0.05, 0) is 0 Å². The second-order valence-electron chi connectivity index (χ2n) is 6.63. The molecule has 2 aromatic rings. The lowest BCUT2D eigenvalue weighted by atomic mass is 9.97. The normalized spacial score (nSPS) is 20.1. The highest BCUT2D eigenvalue weighted by atomic mass is 16.4. The molecule has 1 atom stereocenters. The van der Waals surface area contributed by atoms with E-state index >= 15 is 0 Å². The molecule has 6 nitrogen and oxygen atoms in total. The van der Waals surface area contributed by atoms with Crippen LogP contribution in [0.2, 0.25) is 0 Å². The Kier molecular flexibility index (Phi) is 3.12. The van der Waals surface area contributed by atoms with Gasteiger partial charge in [-0.25, -0.2) is 0 Å². The van der Waals surface area contributed by atoms with Crippen molar-refractivity contribution in [3.05, 3.63) is 29.2 Å². The largest absolute Gasteiger partial charge is 0.423 e. The minimum absolute atomic E-state index is 0.0990.